The number of pyridine rings is 1. The first-order valence-electron chi connectivity index (χ1n) is 8.32. The van der Waals surface area contributed by atoms with Crippen LogP contribution in [0.15, 0.2) is 70.1 Å². The van der Waals surface area contributed by atoms with E-state index in [-0.39, 0.29) is 17.2 Å². The second-order valence-electron chi connectivity index (χ2n) is 5.77. The summed E-state index contributed by atoms with van der Waals surface area (Å²) < 4.78 is 1.44. The smallest absolute Gasteiger partial charge is 0.269 e. The molecule has 3 aromatic heterocycles. The number of benzene rings is 1. The average molecular weight is 409 g/mol. The molecule has 0 aliphatic rings. The van der Waals surface area contributed by atoms with Gasteiger partial charge in [-0.3, -0.25) is 15.0 Å². The summed E-state index contributed by atoms with van der Waals surface area (Å²) >= 11 is 2.53. The lowest BCUT2D eigenvalue weighted by Crippen LogP contribution is -2.32. The minimum atomic E-state index is -0.358. The number of aromatic nitrogens is 3. The number of hydrogen-bond acceptors (Lipinski definition) is 7. The maximum Gasteiger partial charge on any atom is 0.269 e. The summed E-state index contributed by atoms with van der Waals surface area (Å²) in [6.45, 7) is 0. The van der Waals surface area contributed by atoms with Crippen molar-refractivity contribution in [3.8, 4) is 16.9 Å². The molecule has 3 N–H and O–H groups in total. The molecule has 0 saturated heterocycles. The zero-order valence-corrected chi connectivity index (χ0v) is 16.2. The number of nitrogens with zero attached hydrogens (tertiary/aromatic N) is 3. The van der Waals surface area contributed by atoms with Gasteiger partial charge in [-0.1, -0.05) is 48.2 Å². The van der Waals surface area contributed by atoms with Crippen LogP contribution in [0.2, 0.25) is 0 Å². The monoisotopic (exact) mass is 409 g/mol. The van der Waals surface area contributed by atoms with Gasteiger partial charge in [-0.2, -0.15) is 0 Å². The van der Waals surface area contributed by atoms with E-state index in [0.717, 1.165) is 22.9 Å². The molecule has 4 aromatic rings. The van der Waals surface area contributed by atoms with Crippen molar-refractivity contribution >= 4 is 39.2 Å². The standard InChI is InChI=1S/C19H15N5O2S2/c20-23-15(25)11-28-19-22-17-16(13(10-27-17)12-6-2-1-3-7-12)18(26)24(19)14-8-4-5-9-21-14/h1-10H,11,20H2,(H,23,25). The number of rotatable bonds is 5. The Kier molecular flexibility index (Phi) is 5.20. The Hall–Kier alpha value is -3.01. The fraction of sp³-hybridized carbons (Fsp3) is 0.0526. The van der Waals surface area contributed by atoms with Crippen LogP contribution in [0, 0.1) is 0 Å². The zero-order valence-electron chi connectivity index (χ0n) is 14.5. The number of nitrogens with one attached hydrogen (secondary N) is 1. The third kappa shape index (κ3) is 3.42. The third-order valence-electron chi connectivity index (χ3n) is 4.03. The van der Waals surface area contributed by atoms with E-state index in [0.29, 0.717) is 21.2 Å². The maximum atomic E-state index is 13.5. The van der Waals surface area contributed by atoms with Gasteiger partial charge in [-0.15, -0.1) is 11.3 Å². The number of nitrogens with two attached hydrogens (primary N) is 1. The van der Waals surface area contributed by atoms with Crippen LogP contribution in [0.3, 0.4) is 0 Å². The van der Waals surface area contributed by atoms with Crippen molar-refractivity contribution in [3.63, 3.8) is 0 Å². The molecule has 0 unspecified atom stereocenters. The lowest BCUT2D eigenvalue weighted by molar-refractivity contribution is -0.118. The highest BCUT2D eigenvalue weighted by molar-refractivity contribution is 7.99. The molecule has 1 aromatic carbocycles. The van der Waals surface area contributed by atoms with Crippen LogP contribution in [0.4, 0.5) is 0 Å². The van der Waals surface area contributed by atoms with Crippen molar-refractivity contribution in [2.45, 2.75) is 5.16 Å². The van der Waals surface area contributed by atoms with Crippen molar-refractivity contribution < 1.29 is 4.79 Å². The van der Waals surface area contributed by atoms with E-state index in [4.69, 9.17) is 5.84 Å². The minimum Gasteiger partial charge on any atom is -0.294 e. The second-order valence-corrected chi connectivity index (χ2v) is 7.58. The Morgan fingerprint density at radius 1 is 1.18 bits per heavy atom. The third-order valence-corrected chi connectivity index (χ3v) is 5.84. The van der Waals surface area contributed by atoms with Crippen LogP contribution in [-0.2, 0) is 4.79 Å². The topological polar surface area (TPSA) is 103 Å². The molecular weight excluding hydrogens is 394 g/mol. The molecule has 3 heterocycles. The number of carbonyl (C=O) groups is 1. The molecule has 28 heavy (non-hydrogen) atoms. The number of amides is 1. The molecule has 9 heteroatoms. The first kappa shape index (κ1) is 18.4. The first-order chi connectivity index (χ1) is 13.7. The van der Waals surface area contributed by atoms with Gasteiger partial charge in [-0.25, -0.2) is 20.4 Å². The fourth-order valence-electron chi connectivity index (χ4n) is 2.76. The normalized spacial score (nSPS) is 10.9. The highest BCUT2D eigenvalue weighted by atomic mass is 32.2. The Morgan fingerprint density at radius 3 is 2.68 bits per heavy atom. The van der Waals surface area contributed by atoms with Gasteiger partial charge in [0.1, 0.15) is 10.6 Å². The van der Waals surface area contributed by atoms with E-state index in [1.807, 2.05) is 35.7 Å². The molecule has 0 atom stereocenters. The van der Waals surface area contributed by atoms with Crippen molar-refractivity contribution in [2.75, 3.05) is 5.75 Å². The van der Waals surface area contributed by atoms with Gasteiger partial charge in [0, 0.05) is 17.1 Å². The van der Waals surface area contributed by atoms with Crippen LogP contribution in [0.25, 0.3) is 27.2 Å². The van der Waals surface area contributed by atoms with Crippen LogP contribution in [-0.4, -0.2) is 26.2 Å². The largest absolute Gasteiger partial charge is 0.294 e. The lowest BCUT2D eigenvalue weighted by Gasteiger charge is -2.11. The maximum absolute atomic E-state index is 13.5. The van der Waals surface area contributed by atoms with Crippen LogP contribution in [0.1, 0.15) is 0 Å². The molecule has 4 rings (SSSR count). The van der Waals surface area contributed by atoms with Crippen molar-refractivity contribution in [1.29, 1.82) is 0 Å². The molecular formula is C19H15N5O2S2. The molecule has 0 bridgehead atoms. The predicted molar refractivity (Wildman–Crippen MR) is 112 cm³/mol. The van der Waals surface area contributed by atoms with E-state index in [1.54, 1.807) is 24.4 Å². The Labute approximate surface area is 168 Å². The summed E-state index contributed by atoms with van der Waals surface area (Å²) in [5, 5.41) is 2.86. The number of hydrazine groups is 1. The van der Waals surface area contributed by atoms with Crippen molar-refractivity contribution in [1.82, 2.24) is 20.0 Å². The Balaban J connectivity index is 1.94. The van der Waals surface area contributed by atoms with Gasteiger partial charge in [0.15, 0.2) is 5.16 Å². The molecule has 0 aliphatic heterocycles. The first-order valence-corrected chi connectivity index (χ1v) is 10.2. The number of thioether (sulfide) groups is 1. The van der Waals surface area contributed by atoms with Gasteiger partial charge in [0.25, 0.3) is 5.56 Å². The summed E-state index contributed by atoms with van der Waals surface area (Å²) in [6, 6.07) is 15.0. The molecule has 0 radical (unpaired) electrons. The SMILES string of the molecule is NNC(=O)CSc1nc2scc(-c3ccccc3)c2c(=O)n1-c1ccccn1. The zero-order chi connectivity index (χ0) is 19.5. The fourth-order valence-corrected chi connectivity index (χ4v) is 4.56. The predicted octanol–water partition coefficient (Wildman–Crippen LogP) is 2.59. The highest BCUT2D eigenvalue weighted by Gasteiger charge is 2.19. The summed E-state index contributed by atoms with van der Waals surface area (Å²) in [7, 11) is 0. The van der Waals surface area contributed by atoms with E-state index in [1.165, 1.54) is 15.9 Å². The van der Waals surface area contributed by atoms with E-state index < -0.39 is 0 Å². The average Bonchev–Trinajstić information content (AvgIpc) is 3.17. The van der Waals surface area contributed by atoms with Gasteiger partial charge in [0.05, 0.1) is 11.1 Å². The van der Waals surface area contributed by atoms with Crippen LogP contribution in [0.5, 0.6) is 0 Å². The number of fused-ring (bicyclic) bond motifs is 1. The van der Waals surface area contributed by atoms with Gasteiger partial charge in [0.2, 0.25) is 5.91 Å². The van der Waals surface area contributed by atoms with E-state index in [9.17, 15) is 9.59 Å². The van der Waals surface area contributed by atoms with Gasteiger partial charge >= 0.3 is 0 Å². The van der Waals surface area contributed by atoms with Crippen molar-refractivity contribution in [2.24, 2.45) is 5.84 Å². The molecule has 0 aliphatic carbocycles. The molecule has 0 saturated carbocycles. The van der Waals surface area contributed by atoms with Gasteiger partial charge < -0.3 is 0 Å². The van der Waals surface area contributed by atoms with E-state index in [2.05, 4.69) is 15.4 Å². The van der Waals surface area contributed by atoms with Crippen LogP contribution < -0.4 is 16.8 Å². The number of thiophene rings is 1. The molecule has 7 nitrogen and oxygen atoms in total. The number of hydrogen-bond donors (Lipinski definition) is 2. The molecule has 0 fully saturated rings. The molecule has 140 valence electrons. The summed E-state index contributed by atoms with van der Waals surface area (Å²) in [6.07, 6.45) is 1.61. The summed E-state index contributed by atoms with van der Waals surface area (Å²) in [4.78, 5) is 34.6. The minimum absolute atomic E-state index is 0.0399. The lowest BCUT2D eigenvalue weighted by atomic mass is 10.1. The summed E-state index contributed by atoms with van der Waals surface area (Å²) in [5.74, 6) is 5.29. The molecule has 0 spiro atoms. The Bertz CT molecular complexity index is 1190. The number of carbonyl (C=O) groups excluding carboxylic acids is 1. The van der Waals surface area contributed by atoms with Gasteiger partial charge in [-0.05, 0) is 17.7 Å². The molecule has 1 amide bonds. The summed E-state index contributed by atoms with van der Waals surface area (Å²) in [5.41, 5.74) is 3.64. The van der Waals surface area contributed by atoms with Crippen molar-refractivity contribution in [3.05, 3.63) is 70.5 Å². The highest BCUT2D eigenvalue weighted by Crippen LogP contribution is 2.32. The van der Waals surface area contributed by atoms with Crippen LogP contribution >= 0.6 is 23.1 Å². The van der Waals surface area contributed by atoms with E-state index >= 15 is 0 Å². The Morgan fingerprint density at radius 2 is 1.96 bits per heavy atom. The quantitative estimate of drug-likeness (QED) is 0.173. The second kappa shape index (κ2) is 7.93.